The highest BCUT2D eigenvalue weighted by Gasteiger charge is 2.31. The average Bonchev–Trinajstić information content (AvgIpc) is 3.11. The molecular formula is C45H84NO7+. The topological polar surface area (TPSA) is 99.1 Å². The molecule has 0 aliphatic rings. The van der Waals surface area contributed by atoms with Crippen LogP contribution < -0.4 is 0 Å². The highest BCUT2D eigenvalue weighted by Crippen LogP contribution is 2.14. The van der Waals surface area contributed by atoms with Gasteiger partial charge in [0.05, 0.1) is 34.4 Å². The molecule has 310 valence electrons. The van der Waals surface area contributed by atoms with Gasteiger partial charge >= 0.3 is 17.9 Å². The van der Waals surface area contributed by atoms with E-state index in [0.717, 1.165) is 51.4 Å². The Kier molecular flexibility index (Phi) is 35.2. The van der Waals surface area contributed by atoms with E-state index in [4.69, 9.17) is 14.2 Å². The summed E-state index contributed by atoms with van der Waals surface area (Å²) in [5.41, 5.74) is 0. The van der Waals surface area contributed by atoms with Gasteiger partial charge in [-0.3, -0.25) is 9.59 Å². The number of quaternary nitrogens is 1. The molecule has 0 saturated heterocycles. The molecule has 0 spiro atoms. The van der Waals surface area contributed by atoms with E-state index in [1.807, 2.05) is 21.1 Å². The van der Waals surface area contributed by atoms with Crippen molar-refractivity contribution in [2.45, 2.75) is 206 Å². The Morgan fingerprint density at radius 3 is 1.40 bits per heavy atom. The van der Waals surface area contributed by atoms with Crippen molar-refractivity contribution >= 4 is 17.9 Å². The van der Waals surface area contributed by atoms with Crippen LogP contribution in [0.2, 0.25) is 0 Å². The Labute approximate surface area is 326 Å². The zero-order chi connectivity index (χ0) is 39.3. The van der Waals surface area contributed by atoms with E-state index in [1.165, 1.54) is 109 Å². The number of carboxylic acids is 1. The number of esters is 2. The first-order valence-corrected chi connectivity index (χ1v) is 21.9. The Hall–Kier alpha value is -2.19. The number of aliphatic carboxylic acids is 1. The third-order valence-corrected chi connectivity index (χ3v) is 9.82. The smallest absolute Gasteiger partial charge is 0.362 e. The van der Waals surface area contributed by atoms with E-state index in [0.29, 0.717) is 19.3 Å². The van der Waals surface area contributed by atoms with E-state index >= 15 is 0 Å². The summed E-state index contributed by atoms with van der Waals surface area (Å²) in [4.78, 5) is 36.9. The number of unbranched alkanes of at least 4 members (excludes halogenated alkanes) is 21. The van der Waals surface area contributed by atoms with Gasteiger partial charge in [0, 0.05) is 19.3 Å². The summed E-state index contributed by atoms with van der Waals surface area (Å²) in [5, 5.41) is 9.61. The summed E-state index contributed by atoms with van der Waals surface area (Å²) in [6, 6.07) is -0.615. The van der Waals surface area contributed by atoms with Crippen LogP contribution >= 0.6 is 0 Å². The number of carbonyl (C=O) groups is 3. The van der Waals surface area contributed by atoms with E-state index in [2.05, 4.69) is 38.2 Å². The number of nitrogens with zero attached hydrogens (tertiary/aromatic N) is 1. The largest absolute Gasteiger partial charge is 0.477 e. The molecule has 53 heavy (non-hydrogen) atoms. The van der Waals surface area contributed by atoms with Crippen LogP contribution in [0.1, 0.15) is 194 Å². The van der Waals surface area contributed by atoms with E-state index < -0.39 is 18.1 Å². The second kappa shape index (κ2) is 36.8. The average molecular weight is 751 g/mol. The van der Waals surface area contributed by atoms with Crippen LogP contribution in [0.4, 0.5) is 0 Å². The number of allylic oxidation sites excluding steroid dienone is 4. The third kappa shape index (κ3) is 35.3. The van der Waals surface area contributed by atoms with E-state index in [9.17, 15) is 19.5 Å². The van der Waals surface area contributed by atoms with Gasteiger partial charge < -0.3 is 23.8 Å². The number of ether oxygens (including phenoxy) is 3. The van der Waals surface area contributed by atoms with Crippen molar-refractivity contribution in [1.29, 1.82) is 0 Å². The van der Waals surface area contributed by atoms with Crippen LogP contribution in [-0.2, 0) is 28.6 Å². The zero-order valence-electron chi connectivity index (χ0n) is 35.2. The Bertz CT molecular complexity index is 926. The van der Waals surface area contributed by atoms with Crippen LogP contribution in [-0.4, -0.2) is 80.6 Å². The molecule has 0 radical (unpaired) electrons. The lowest BCUT2D eigenvalue weighted by atomic mass is 10.1. The highest BCUT2D eigenvalue weighted by molar-refractivity contribution is 5.72. The molecular weight excluding hydrogens is 666 g/mol. The maximum atomic E-state index is 12.7. The van der Waals surface area contributed by atoms with Crippen molar-refractivity contribution in [3.63, 3.8) is 0 Å². The highest BCUT2D eigenvalue weighted by atomic mass is 16.6. The van der Waals surface area contributed by atoms with E-state index in [-0.39, 0.29) is 36.2 Å². The van der Waals surface area contributed by atoms with Crippen LogP contribution in [0.3, 0.4) is 0 Å². The van der Waals surface area contributed by atoms with Gasteiger partial charge in [0.15, 0.2) is 12.1 Å². The maximum absolute atomic E-state index is 12.7. The molecule has 0 fully saturated rings. The monoisotopic (exact) mass is 751 g/mol. The fraction of sp³-hybridized carbons (Fsp3) is 0.844. The summed E-state index contributed by atoms with van der Waals surface area (Å²) in [7, 11) is 5.52. The molecule has 8 nitrogen and oxygen atoms in total. The molecule has 0 aliphatic carbocycles. The minimum absolute atomic E-state index is 0.0563. The first-order valence-electron chi connectivity index (χ1n) is 21.9. The molecule has 8 heteroatoms. The van der Waals surface area contributed by atoms with Crippen LogP contribution in [0.15, 0.2) is 24.3 Å². The molecule has 2 atom stereocenters. The lowest BCUT2D eigenvalue weighted by Crippen LogP contribution is -2.50. The number of likely N-dealkylation sites (N-methyl/N-ethyl adjacent to an activating group) is 1. The fourth-order valence-electron chi connectivity index (χ4n) is 6.37. The van der Waals surface area contributed by atoms with Crippen molar-refractivity contribution in [1.82, 2.24) is 0 Å². The first kappa shape index (κ1) is 50.8. The standard InChI is InChI=1S/C45H83NO7/c1-6-8-10-12-14-16-18-20-22-24-25-27-29-31-33-35-43(47)52-40-41(39-51-38-37-42(45(49)50)46(3,4)5)53-44(48)36-34-32-30-28-26-23-21-19-17-15-13-11-9-7-2/h16,18,23,26,41-42H,6-15,17,19-22,24-25,27-40H2,1-5H3/p+1/b18-16+,26-23+. The summed E-state index contributed by atoms with van der Waals surface area (Å²) >= 11 is 0. The molecule has 0 amide bonds. The minimum atomic E-state index is -0.877. The zero-order valence-corrected chi connectivity index (χ0v) is 35.2. The van der Waals surface area contributed by atoms with Gasteiger partial charge in [0.25, 0.3) is 0 Å². The van der Waals surface area contributed by atoms with Crippen molar-refractivity contribution in [2.24, 2.45) is 0 Å². The van der Waals surface area contributed by atoms with Crippen molar-refractivity contribution in [3.8, 4) is 0 Å². The minimum Gasteiger partial charge on any atom is -0.477 e. The Morgan fingerprint density at radius 1 is 0.547 bits per heavy atom. The predicted octanol–water partition coefficient (Wildman–Crippen LogP) is 11.7. The number of carboxylic acid groups (broad SMARTS) is 1. The number of hydrogen-bond donors (Lipinski definition) is 1. The predicted molar refractivity (Wildman–Crippen MR) is 220 cm³/mol. The van der Waals surface area contributed by atoms with Crippen LogP contribution in [0.25, 0.3) is 0 Å². The Balaban J connectivity index is 4.37. The van der Waals surface area contributed by atoms with Crippen molar-refractivity contribution in [3.05, 3.63) is 24.3 Å². The lowest BCUT2D eigenvalue weighted by Gasteiger charge is -2.31. The summed E-state index contributed by atoms with van der Waals surface area (Å²) in [5.74, 6) is -1.49. The molecule has 0 aromatic carbocycles. The second-order valence-electron chi connectivity index (χ2n) is 15.9. The van der Waals surface area contributed by atoms with Crippen LogP contribution in [0, 0.1) is 0 Å². The normalized spacial score (nSPS) is 13.2. The SMILES string of the molecule is CCCCCC/C=C/CCCCCCCCCC(=O)OCC(COCCC(C(=O)O)[N+](C)(C)C)OC(=O)CCCCC/C=C/CCCCCCCCC. The second-order valence-corrected chi connectivity index (χ2v) is 15.9. The fourth-order valence-corrected chi connectivity index (χ4v) is 6.37. The van der Waals surface area contributed by atoms with Gasteiger partial charge in [-0.25, -0.2) is 4.79 Å². The summed E-state index contributed by atoms with van der Waals surface area (Å²) < 4.78 is 17.2. The van der Waals surface area contributed by atoms with Gasteiger partial charge in [0.1, 0.15) is 6.61 Å². The molecule has 0 rings (SSSR count). The van der Waals surface area contributed by atoms with Gasteiger partial charge in [-0.15, -0.1) is 0 Å². The first-order chi connectivity index (χ1) is 25.6. The third-order valence-electron chi connectivity index (χ3n) is 9.82. The quantitative estimate of drug-likeness (QED) is 0.0289. The van der Waals surface area contributed by atoms with Gasteiger partial charge in [0.2, 0.25) is 0 Å². The molecule has 2 unspecified atom stereocenters. The van der Waals surface area contributed by atoms with Crippen molar-refractivity contribution in [2.75, 3.05) is 41.0 Å². The van der Waals surface area contributed by atoms with Gasteiger partial charge in [-0.05, 0) is 64.2 Å². The summed E-state index contributed by atoms with van der Waals surface area (Å²) in [6.45, 7) is 4.71. The molecule has 0 saturated carbocycles. The van der Waals surface area contributed by atoms with Crippen molar-refractivity contribution < 1.29 is 38.2 Å². The van der Waals surface area contributed by atoms with E-state index in [1.54, 1.807) is 0 Å². The van der Waals surface area contributed by atoms with Gasteiger partial charge in [-0.1, -0.05) is 134 Å². The molecule has 0 aromatic rings. The number of rotatable bonds is 39. The maximum Gasteiger partial charge on any atom is 0.362 e. The van der Waals surface area contributed by atoms with Crippen LogP contribution in [0.5, 0.6) is 0 Å². The lowest BCUT2D eigenvalue weighted by molar-refractivity contribution is -0.887. The molecule has 0 aromatic heterocycles. The molecule has 1 N–H and O–H groups in total. The number of hydrogen-bond acceptors (Lipinski definition) is 6. The Morgan fingerprint density at radius 2 is 0.943 bits per heavy atom. The molecule has 0 bridgehead atoms. The van der Waals surface area contributed by atoms with Gasteiger partial charge in [-0.2, -0.15) is 0 Å². The number of carbonyl (C=O) groups excluding carboxylic acids is 2. The molecule has 0 heterocycles. The summed E-state index contributed by atoms with van der Waals surface area (Å²) in [6.07, 6.45) is 39.3. The molecule has 0 aliphatic heterocycles.